The van der Waals surface area contributed by atoms with Crippen LogP contribution in [0.2, 0.25) is 0 Å². The van der Waals surface area contributed by atoms with Crippen LogP contribution in [0.4, 0.5) is 11.4 Å². The van der Waals surface area contributed by atoms with Crippen molar-refractivity contribution in [3.63, 3.8) is 0 Å². The first kappa shape index (κ1) is 16.2. The highest BCUT2D eigenvalue weighted by Gasteiger charge is 2.23. The molecule has 0 aliphatic carbocycles. The fraction of sp³-hybridized carbons (Fsp3) is 0.533. The topological polar surface area (TPSA) is 91.4 Å². The van der Waals surface area contributed by atoms with Crippen molar-refractivity contribution in [3.8, 4) is 6.07 Å². The van der Waals surface area contributed by atoms with Gasteiger partial charge in [0.25, 0.3) is 5.69 Å². The number of benzene rings is 1. The molecule has 1 heterocycles. The van der Waals surface area contributed by atoms with Gasteiger partial charge in [0.2, 0.25) is 0 Å². The van der Waals surface area contributed by atoms with Crippen molar-refractivity contribution >= 4 is 11.4 Å². The molecule has 1 aliphatic heterocycles. The second-order valence-electron chi connectivity index (χ2n) is 5.49. The third-order valence-electron chi connectivity index (χ3n) is 3.90. The first-order valence-electron chi connectivity index (χ1n) is 7.29. The second kappa shape index (κ2) is 7.20. The summed E-state index contributed by atoms with van der Waals surface area (Å²) < 4.78 is 5.43. The predicted octanol–water partition coefficient (Wildman–Crippen LogP) is 1.99. The molecule has 7 heteroatoms. The molecule has 22 heavy (non-hydrogen) atoms. The molecule has 1 fully saturated rings. The minimum atomic E-state index is -0.541. The zero-order valence-corrected chi connectivity index (χ0v) is 12.8. The number of ether oxygens (including phenoxy) is 1. The van der Waals surface area contributed by atoms with Crippen molar-refractivity contribution < 1.29 is 9.66 Å². The standard InChI is InChI=1S/C15H20N4O3/c1-11(18-5-6-22-10-12(18)2)9-17-14-3-4-15(19(20)21)13(7-14)8-16/h3-4,7,11-12,17H,5-6,9-10H2,1-2H3. The monoisotopic (exact) mass is 304 g/mol. The van der Waals surface area contributed by atoms with Gasteiger partial charge in [-0.1, -0.05) is 0 Å². The van der Waals surface area contributed by atoms with Gasteiger partial charge in [-0.05, 0) is 26.0 Å². The van der Waals surface area contributed by atoms with Crippen molar-refractivity contribution in [1.82, 2.24) is 4.90 Å². The zero-order chi connectivity index (χ0) is 16.1. The Morgan fingerprint density at radius 2 is 2.41 bits per heavy atom. The smallest absolute Gasteiger partial charge is 0.287 e. The van der Waals surface area contributed by atoms with E-state index in [-0.39, 0.29) is 11.3 Å². The van der Waals surface area contributed by atoms with Gasteiger partial charge < -0.3 is 10.1 Å². The van der Waals surface area contributed by atoms with Gasteiger partial charge in [0.15, 0.2) is 0 Å². The Morgan fingerprint density at radius 1 is 1.64 bits per heavy atom. The minimum Gasteiger partial charge on any atom is -0.383 e. The maximum absolute atomic E-state index is 10.8. The molecule has 0 amide bonds. The summed E-state index contributed by atoms with van der Waals surface area (Å²) in [7, 11) is 0. The number of nitro groups is 1. The number of nitrogens with one attached hydrogen (secondary N) is 1. The molecule has 1 aromatic rings. The van der Waals surface area contributed by atoms with Crippen LogP contribution in [-0.2, 0) is 4.74 Å². The molecule has 1 aromatic carbocycles. The minimum absolute atomic E-state index is 0.0717. The van der Waals surface area contributed by atoms with E-state index in [1.807, 2.05) is 6.07 Å². The summed E-state index contributed by atoms with van der Waals surface area (Å²) in [6, 6.07) is 7.06. The van der Waals surface area contributed by atoms with Crippen molar-refractivity contribution in [2.24, 2.45) is 0 Å². The number of hydrogen-bond acceptors (Lipinski definition) is 6. The molecule has 2 unspecified atom stereocenters. The van der Waals surface area contributed by atoms with E-state index in [0.29, 0.717) is 18.6 Å². The number of nitro benzene ring substituents is 1. The highest BCUT2D eigenvalue weighted by molar-refractivity contribution is 5.58. The fourth-order valence-corrected chi connectivity index (χ4v) is 2.67. The normalized spacial score (nSPS) is 20.1. The molecular formula is C15H20N4O3. The highest BCUT2D eigenvalue weighted by atomic mass is 16.6. The number of hydrogen-bond donors (Lipinski definition) is 1. The Kier molecular flexibility index (Phi) is 5.31. The molecule has 7 nitrogen and oxygen atoms in total. The van der Waals surface area contributed by atoms with E-state index in [0.717, 1.165) is 25.4 Å². The van der Waals surface area contributed by atoms with Gasteiger partial charge in [0.05, 0.1) is 18.1 Å². The molecule has 0 spiro atoms. The van der Waals surface area contributed by atoms with Crippen LogP contribution in [-0.4, -0.2) is 48.2 Å². The highest BCUT2D eigenvalue weighted by Crippen LogP contribution is 2.22. The summed E-state index contributed by atoms with van der Waals surface area (Å²) in [4.78, 5) is 12.6. The van der Waals surface area contributed by atoms with Crippen LogP contribution in [0.15, 0.2) is 18.2 Å². The Bertz CT molecular complexity index is 585. The third kappa shape index (κ3) is 3.72. The van der Waals surface area contributed by atoms with E-state index in [1.165, 1.54) is 12.1 Å². The van der Waals surface area contributed by atoms with Crippen LogP contribution in [0, 0.1) is 21.4 Å². The van der Waals surface area contributed by atoms with Crippen LogP contribution < -0.4 is 5.32 Å². The summed E-state index contributed by atoms with van der Waals surface area (Å²) in [5.74, 6) is 0. The van der Waals surface area contributed by atoms with Crippen molar-refractivity contribution in [2.45, 2.75) is 25.9 Å². The molecule has 0 radical (unpaired) electrons. The van der Waals surface area contributed by atoms with E-state index in [9.17, 15) is 10.1 Å². The SMILES string of the molecule is CC(CNc1ccc([N+](=O)[O-])c(C#N)c1)N1CCOCC1C. The summed E-state index contributed by atoms with van der Waals surface area (Å²) in [6.07, 6.45) is 0. The molecule has 0 aromatic heterocycles. The molecule has 118 valence electrons. The van der Waals surface area contributed by atoms with Gasteiger partial charge in [0.1, 0.15) is 11.6 Å². The number of nitrogens with zero attached hydrogens (tertiary/aromatic N) is 3. The van der Waals surface area contributed by atoms with Gasteiger partial charge in [-0.3, -0.25) is 15.0 Å². The first-order valence-corrected chi connectivity index (χ1v) is 7.29. The fourth-order valence-electron chi connectivity index (χ4n) is 2.67. The number of anilines is 1. The number of morpholine rings is 1. The van der Waals surface area contributed by atoms with E-state index < -0.39 is 4.92 Å². The van der Waals surface area contributed by atoms with Crippen LogP contribution in [0.5, 0.6) is 0 Å². The zero-order valence-electron chi connectivity index (χ0n) is 12.8. The van der Waals surface area contributed by atoms with Gasteiger partial charge in [-0.15, -0.1) is 0 Å². The summed E-state index contributed by atoms with van der Waals surface area (Å²) in [6.45, 7) is 7.34. The summed E-state index contributed by atoms with van der Waals surface area (Å²) in [5.41, 5.74) is 0.625. The average Bonchev–Trinajstić information content (AvgIpc) is 2.52. The molecule has 2 rings (SSSR count). The van der Waals surface area contributed by atoms with Crippen LogP contribution >= 0.6 is 0 Å². The molecule has 2 atom stereocenters. The van der Waals surface area contributed by atoms with E-state index in [4.69, 9.17) is 10.00 Å². The third-order valence-corrected chi connectivity index (χ3v) is 3.90. The number of nitriles is 1. The second-order valence-corrected chi connectivity index (χ2v) is 5.49. The first-order chi connectivity index (χ1) is 10.5. The molecular weight excluding hydrogens is 284 g/mol. The molecule has 1 N–H and O–H groups in total. The van der Waals surface area contributed by atoms with Gasteiger partial charge in [-0.25, -0.2) is 0 Å². The van der Waals surface area contributed by atoms with Crippen molar-refractivity contribution in [1.29, 1.82) is 5.26 Å². The van der Waals surface area contributed by atoms with Gasteiger partial charge in [-0.2, -0.15) is 5.26 Å². The van der Waals surface area contributed by atoms with Crippen LogP contribution in [0.25, 0.3) is 0 Å². The average molecular weight is 304 g/mol. The Hall–Kier alpha value is -2.17. The largest absolute Gasteiger partial charge is 0.383 e. The Balaban J connectivity index is 1.99. The molecule has 1 saturated heterocycles. The number of rotatable bonds is 5. The molecule has 0 saturated carbocycles. The van der Waals surface area contributed by atoms with Crippen LogP contribution in [0.3, 0.4) is 0 Å². The van der Waals surface area contributed by atoms with E-state index >= 15 is 0 Å². The van der Waals surface area contributed by atoms with Crippen LogP contribution in [0.1, 0.15) is 19.4 Å². The lowest BCUT2D eigenvalue weighted by Gasteiger charge is -2.38. The molecule has 0 bridgehead atoms. The van der Waals surface area contributed by atoms with Crippen molar-refractivity contribution in [3.05, 3.63) is 33.9 Å². The van der Waals surface area contributed by atoms with E-state index in [1.54, 1.807) is 6.07 Å². The van der Waals surface area contributed by atoms with Gasteiger partial charge in [0, 0.05) is 36.9 Å². The molecule has 1 aliphatic rings. The maximum Gasteiger partial charge on any atom is 0.287 e. The maximum atomic E-state index is 10.8. The lowest BCUT2D eigenvalue weighted by molar-refractivity contribution is -0.385. The Labute approximate surface area is 129 Å². The Morgan fingerprint density at radius 3 is 3.05 bits per heavy atom. The lowest BCUT2D eigenvalue weighted by atomic mass is 10.1. The van der Waals surface area contributed by atoms with Gasteiger partial charge >= 0.3 is 0 Å². The summed E-state index contributed by atoms with van der Waals surface area (Å²) in [5, 5.41) is 23.1. The quantitative estimate of drug-likeness (QED) is 0.660. The lowest BCUT2D eigenvalue weighted by Crippen LogP contribution is -2.50. The van der Waals surface area contributed by atoms with E-state index in [2.05, 4.69) is 24.1 Å². The summed E-state index contributed by atoms with van der Waals surface area (Å²) >= 11 is 0. The van der Waals surface area contributed by atoms with Crippen molar-refractivity contribution in [2.75, 3.05) is 31.6 Å². The predicted molar refractivity (Wildman–Crippen MR) is 82.8 cm³/mol.